The molecule has 0 saturated heterocycles. The third-order valence-corrected chi connectivity index (χ3v) is 5.80. The first-order chi connectivity index (χ1) is 15.5. The van der Waals surface area contributed by atoms with Crippen LogP contribution in [0.25, 0.3) is 10.4 Å². The molecule has 7 nitrogen and oxygen atoms in total. The van der Waals surface area contributed by atoms with Crippen molar-refractivity contribution < 1.29 is 42.5 Å². The number of carbonyl (C=O) groups excluding carboxylic acids is 1. The summed E-state index contributed by atoms with van der Waals surface area (Å²) in [4.78, 5) is 35.2. The minimum Gasteiger partial charge on any atom is -0.480 e. The summed E-state index contributed by atoms with van der Waals surface area (Å²) in [6.07, 6.45) is -4.70. The van der Waals surface area contributed by atoms with Crippen LogP contribution in [0.15, 0.2) is 48.5 Å². The van der Waals surface area contributed by atoms with Gasteiger partial charge in [-0.05, 0) is 36.8 Å². The maximum absolute atomic E-state index is 13.2. The fourth-order valence-electron chi connectivity index (χ4n) is 3.09. The normalized spacial score (nSPS) is 11.2. The summed E-state index contributed by atoms with van der Waals surface area (Å²) < 4.78 is 44.8. The highest BCUT2D eigenvalue weighted by Gasteiger charge is 2.34. The van der Waals surface area contributed by atoms with E-state index in [2.05, 4.69) is 5.32 Å². The lowest BCUT2D eigenvalue weighted by Crippen LogP contribution is -2.18. The standard InChI is InChI=1S/C22H16F3NO6S/c1-11-17(32-10-16(27)28)19(21(30)31)33-18(11)12-5-4-6-13(9-12)26-20(29)14-7-2-3-8-15(14)22(23,24)25/h2-9H,10H2,1H3,(H,26,29)(H,27,28)(H,30,31). The number of hydrogen-bond donors (Lipinski definition) is 3. The molecule has 0 aliphatic rings. The van der Waals surface area contributed by atoms with Gasteiger partial charge in [0.05, 0.1) is 11.1 Å². The summed E-state index contributed by atoms with van der Waals surface area (Å²) in [6.45, 7) is 0.826. The Balaban J connectivity index is 1.94. The van der Waals surface area contributed by atoms with Crippen LogP contribution in [-0.2, 0) is 11.0 Å². The van der Waals surface area contributed by atoms with Crippen LogP contribution in [-0.4, -0.2) is 34.7 Å². The number of nitrogens with one attached hydrogen (secondary N) is 1. The van der Waals surface area contributed by atoms with Crippen molar-refractivity contribution in [1.29, 1.82) is 0 Å². The molecule has 0 atom stereocenters. The smallest absolute Gasteiger partial charge is 0.417 e. The van der Waals surface area contributed by atoms with E-state index in [1.165, 1.54) is 30.3 Å². The van der Waals surface area contributed by atoms with Crippen molar-refractivity contribution in [1.82, 2.24) is 0 Å². The van der Waals surface area contributed by atoms with Gasteiger partial charge in [0.15, 0.2) is 11.5 Å². The van der Waals surface area contributed by atoms with Crippen LogP contribution in [0, 0.1) is 6.92 Å². The number of anilines is 1. The van der Waals surface area contributed by atoms with Crippen LogP contribution in [0.4, 0.5) is 18.9 Å². The number of hydrogen-bond acceptors (Lipinski definition) is 5. The average Bonchev–Trinajstić information content (AvgIpc) is 3.08. The van der Waals surface area contributed by atoms with Gasteiger partial charge < -0.3 is 20.3 Å². The number of halogens is 3. The van der Waals surface area contributed by atoms with Crippen molar-refractivity contribution in [3.8, 4) is 16.2 Å². The zero-order chi connectivity index (χ0) is 24.3. The zero-order valence-corrected chi connectivity index (χ0v) is 17.7. The van der Waals surface area contributed by atoms with Gasteiger partial charge in [-0.25, -0.2) is 9.59 Å². The van der Waals surface area contributed by atoms with Crippen molar-refractivity contribution in [3.63, 3.8) is 0 Å². The van der Waals surface area contributed by atoms with Crippen molar-refractivity contribution in [2.24, 2.45) is 0 Å². The monoisotopic (exact) mass is 479 g/mol. The Labute approximate surface area is 189 Å². The SMILES string of the molecule is Cc1c(-c2cccc(NC(=O)c3ccccc3C(F)(F)F)c2)sc(C(=O)O)c1OCC(=O)O. The number of carboxylic acids is 2. The molecule has 0 aliphatic carbocycles. The number of rotatable bonds is 7. The molecule has 3 aromatic rings. The summed E-state index contributed by atoms with van der Waals surface area (Å²) in [6, 6.07) is 10.5. The topological polar surface area (TPSA) is 113 Å². The van der Waals surface area contributed by atoms with Gasteiger partial charge in [0, 0.05) is 16.1 Å². The molecular weight excluding hydrogens is 463 g/mol. The Morgan fingerprint density at radius 3 is 2.39 bits per heavy atom. The Bertz CT molecular complexity index is 1240. The van der Waals surface area contributed by atoms with Crippen LogP contribution in [0.1, 0.15) is 31.2 Å². The second-order valence-electron chi connectivity index (χ2n) is 6.78. The molecule has 33 heavy (non-hydrogen) atoms. The Kier molecular flexibility index (Phi) is 6.73. The molecule has 0 aliphatic heterocycles. The van der Waals surface area contributed by atoms with E-state index in [9.17, 15) is 32.7 Å². The molecule has 2 aromatic carbocycles. The molecule has 0 saturated carbocycles. The first kappa shape index (κ1) is 23.8. The van der Waals surface area contributed by atoms with E-state index in [1.807, 2.05) is 0 Å². The number of carboxylic acid groups (broad SMARTS) is 2. The molecule has 1 aromatic heterocycles. The van der Waals surface area contributed by atoms with E-state index in [-0.39, 0.29) is 16.3 Å². The molecule has 0 radical (unpaired) electrons. The van der Waals surface area contributed by atoms with Crippen LogP contribution in [0.2, 0.25) is 0 Å². The van der Waals surface area contributed by atoms with Gasteiger partial charge in [-0.3, -0.25) is 4.79 Å². The number of benzene rings is 2. The minimum absolute atomic E-state index is 0.0848. The molecule has 11 heteroatoms. The second-order valence-corrected chi connectivity index (χ2v) is 7.80. The summed E-state index contributed by atoms with van der Waals surface area (Å²) in [5, 5.41) is 20.7. The number of ether oxygens (including phenoxy) is 1. The molecule has 0 fully saturated rings. The average molecular weight is 479 g/mol. The van der Waals surface area contributed by atoms with E-state index >= 15 is 0 Å². The van der Waals surface area contributed by atoms with Gasteiger partial charge in [0.1, 0.15) is 5.75 Å². The maximum Gasteiger partial charge on any atom is 0.417 e. The number of aromatic carboxylic acids is 1. The quantitative estimate of drug-likeness (QED) is 0.432. The van der Waals surface area contributed by atoms with Gasteiger partial charge in [-0.2, -0.15) is 13.2 Å². The molecule has 0 bridgehead atoms. The van der Waals surface area contributed by atoms with Crippen LogP contribution < -0.4 is 10.1 Å². The first-order valence-corrected chi connectivity index (χ1v) is 10.1. The largest absolute Gasteiger partial charge is 0.480 e. The third-order valence-electron chi connectivity index (χ3n) is 4.49. The summed E-state index contributed by atoms with van der Waals surface area (Å²) in [7, 11) is 0. The van der Waals surface area contributed by atoms with Gasteiger partial charge in [-0.15, -0.1) is 11.3 Å². The van der Waals surface area contributed by atoms with Crippen LogP contribution in [0.5, 0.6) is 5.75 Å². The number of amides is 1. The molecule has 0 spiro atoms. The van der Waals surface area contributed by atoms with E-state index in [4.69, 9.17) is 9.84 Å². The number of aliphatic carboxylic acids is 1. The van der Waals surface area contributed by atoms with Gasteiger partial charge in [0.25, 0.3) is 5.91 Å². The molecule has 0 unspecified atom stereocenters. The zero-order valence-electron chi connectivity index (χ0n) is 16.9. The molecule has 1 heterocycles. The van der Waals surface area contributed by atoms with Gasteiger partial charge in [0.2, 0.25) is 0 Å². The lowest BCUT2D eigenvalue weighted by molar-refractivity contribution is -0.139. The highest BCUT2D eigenvalue weighted by atomic mass is 32.1. The van der Waals surface area contributed by atoms with E-state index < -0.39 is 41.8 Å². The lowest BCUT2D eigenvalue weighted by atomic mass is 10.1. The summed E-state index contributed by atoms with van der Waals surface area (Å²) in [5.74, 6) is -3.62. The molecule has 3 rings (SSSR count). The number of alkyl halides is 3. The van der Waals surface area contributed by atoms with Crippen molar-refractivity contribution in [2.75, 3.05) is 11.9 Å². The van der Waals surface area contributed by atoms with E-state index in [1.54, 1.807) is 13.0 Å². The number of carbonyl (C=O) groups is 3. The predicted octanol–water partition coefficient (Wildman–Crippen LogP) is 5.16. The minimum atomic E-state index is -4.70. The summed E-state index contributed by atoms with van der Waals surface area (Å²) >= 11 is 0.850. The highest BCUT2D eigenvalue weighted by molar-refractivity contribution is 7.18. The predicted molar refractivity (Wildman–Crippen MR) is 114 cm³/mol. The molecule has 172 valence electrons. The summed E-state index contributed by atoms with van der Waals surface area (Å²) in [5.41, 5.74) is -0.580. The Morgan fingerprint density at radius 1 is 1.06 bits per heavy atom. The fraction of sp³-hybridized carbons (Fsp3) is 0.136. The van der Waals surface area contributed by atoms with Crippen LogP contribution >= 0.6 is 11.3 Å². The lowest BCUT2D eigenvalue weighted by Gasteiger charge is -2.13. The van der Waals surface area contributed by atoms with Crippen LogP contribution in [0.3, 0.4) is 0 Å². The second kappa shape index (κ2) is 9.33. The van der Waals surface area contributed by atoms with E-state index in [0.29, 0.717) is 16.0 Å². The molecule has 1 amide bonds. The Hall–Kier alpha value is -3.86. The molecule has 3 N–H and O–H groups in total. The fourth-order valence-corrected chi connectivity index (χ4v) is 4.17. The third kappa shape index (κ3) is 5.32. The first-order valence-electron chi connectivity index (χ1n) is 9.28. The number of thiophene rings is 1. The maximum atomic E-state index is 13.2. The highest BCUT2D eigenvalue weighted by Crippen LogP contribution is 2.42. The van der Waals surface area contributed by atoms with Crippen molar-refractivity contribution in [2.45, 2.75) is 13.1 Å². The van der Waals surface area contributed by atoms with Crippen molar-refractivity contribution in [3.05, 3.63) is 70.1 Å². The van der Waals surface area contributed by atoms with Gasteiger partial charge in [-0.1, -0.05) is 24.3 Å². The van der Waals surface area contributed by atoms with Crippen molar-refractivity contribution >= 4 is 34.9 Å². The molecular formula is C22H16F3NO6S. The van der Waals surface area contributed by atoms with Gasteiger partial charge >= 0.3 is 18.1 Å². The Morgan fingerprint density at radius 2 is 1.76 bits per heavy atom. The van der Waals surface area contributed by atoms with E-state index in [0.717, 1.165) is 23.5 Å².